The van der Waals surface area contributed by atoms with E-state index in [1.165, 1.54) is 36.6 Å². The van der Waals surface area contributed by atoms with Gasteiger partial charge in [-0.15, -0.1) is 11.8 Å². The van der Waals surface area contributed by atoms with Crippen molar-refractivity contribution in [3.63, 3.8) is 0 Å². The molecule has 2 aliphatic rings. The molecule has 2 atom stereocenters. The Bertz CT molecular complexity index is 325. The standard InChI is InChI=1S/C13H17NS/c1-2-5-12(6-3-1)15-10-11-9-14-8-4-7-13(11)14/h1-3,5-6,11,13H,4,7-10H2/t11-,13-/m1/s1. The molecule has 2 aliphatic heterocycles. The monoisotopic (exact) mass is 219 g/mol. The highest BCUT2D eigenvalue weighted by molar-refractivity contribution is 7.99. The maximum absolute atomic E-state index is 2.65. The van der Waals surface area contributed by atoms with Crippen LogP contribution in [0.5, 0.6) is 0 Å². The van der Waals surface area contributed by atoms with Crippen molar-refractivity contribution in [3.05, 3.63) is 30.3 Å². The number of nitrogens with zero attached hydrogens (tertiary/aromatic N) is 1. The first kappa shape index (κ1) is 9.73. The Kier molecular flexibility index (Phi) is 2.72. The smallest absolute Gasteiger partial charge is 0.0144 e. The second kappa shape index (κ2) is 4.18. The van der Waals surface area contributed by atoms with Crippen LogP contribution in [0.4, 0.5) is 0 Å². The van der Waals surface area contributed by atoms with E-state index in [9.17, 15) is 0 Å². The maximum Gasteiger partial charge on any atom is 0.0144 e. The summed E-state index contributed by atoms with van der Waals surface area (Å²) in [6.45, 7) is 2.71. The normalized spacial score (nSPS) is 29.9. The second-order valence-corrected chi connectivity index (χ2v) is 5.68. The minimum atomic E-state index is 0.932. The van der Waals surface area contributed by atoms with Gasteiger partial charge in [0.15, 0.2) is 0 Å². The van der Waals surface area contributed by atoms with Gasteiger partial charge in [0.05, 0.1) is 0 Å². The van der Waals surface area contributed by atoms with Crippen LogP contribution >= 0.6 is 11.8 Å². The fraction of sp³-hybridized carbons (Fsp3) is 0.538. The molecule has 3 rings (SSSR count). The summed E-state index contributed by atoms with van der Waals surface area (Å²) in [5, 5.41) is 0. The van der Waals surface area contributed by atoms with Gasteiger partial charge in [0.2, 0.25) is 0 Å². The van der Waals surface area contributed by atoms with Gasteiger partial charge in [0.1, 0.15) is 0 Å². The van der Waals surface area contributed by atoms with Gasteiger partial charge in [-0.3, -0.25) is 4.90 Å². The Balaban J connectivity index is 1.51. The molecule has 2 saturated heterocycles. The fourth-order valence-corrected chi connectivity index (χ4v) is 3.86. The third-order valence-corrected chi connectivity index (χ3v) is 4.84. The number of hydrogen-bond acceptors (Lipinski definition) is 2. The summed E-state index contributed by atoms with van der Waals surface area (Å²) in [5.74, 6) is 2.27. The molecule has 2 fully saturated rings. The Morgan fingerprint density at radius 1 is 1.27 bits per heavy atom. The van der Waals surface area contributed by atoms with E-state index in [0.29, 0.717) is 0 Å². The molecular formula is C13H17NS. The van der Waals surface area contributed by atoms with Crippen molar-refractivity contribution >= 4 is 11.8 Å². The number of benzene rings is 1. The Morgan fingerprint density at radius 2 is 2.13 bits per heavy atom. The molecule has 0 aromatic heterocycles. The van der Waals surface area contributed by atoms with Crippen LogP contribution < -0.4 is 0 Å². The van der Waals surface area contributed by atoms with Crippen molar-refractivity contribution in [2.45, 2.75) is 23.8 Å². The van der Waals surface area contributed by atoms with Crippen molar-refractivity contribution in [2.24, 2.45) is 5.92 Å². The van der Waals surface area contributed by atoms with Crippen LogP contribution in [-0.2, 0) is 0 Å². The third kappa shape index (κ3) is 1.93. The van der Waals surface area contributed by atoms with E-state index in [1.807, 2.05) is 11.8 Å². The Hall–Kier alpha value is -0.470. The Labute approximate surface area is 95.9 Å². The van der Waals surface area contributed by atoms with Crippen LogP contribution in [0.25, 0.3) is 0 Å². The lowest BCUT2D eigenvalue weighted by Crippen LogP contribution is -2.53. The molecule has 2 heteroatoms. The van der Waals surface area contributed by atoms with Crippen molar-refractivity contribution in [1.29, 1.82) is 0 Å². The summed E-state index contributed by atoms with van der Waals surface area (Å²) in [6.07, 6.45) is 2.87. The van der Waals surface area contributed by atoms with Gasteiger partial charge >= 0.3 is 0 Å². The first-order valence-electron chi connectivity index (χ1n) is 5.85. The number of rotatable bonds is 3. The van der Waals surface area contributed by atoms with Crippen LogP contribution in [-0.4, -0.2) is 29.8 Å². The first-order valence-corrected chi connectivity index (χ1v) is 6.84. The van der Waals surface area contributed by atoms with E-state index in [1.54, 1.807) is 0 Å². The molecule has 0 amide bonds. The molecule has 0 radical (unpaired) electrons. The maximum atomic E-state index is 2.65. The third-order valence-electron chi connectivity index (χ3n) is 3.63. The van der Waals surface area contributed by atoms with E-state index in [2.05, 4.69) is 35.2 Å². The lowest BCUT2D eigenvalue weighted by molar-refractivity contribution is 0.0703. The predicted octanol–water partition coefficient (Wildman–Crippen LogP) is 2.87. The van der Waals surface area contributed by atoms with Crippen LogP contribution in [0.2, 0.25) is 0 Å². The van der Waals surface area contributed by atoms with E-state index in [-0.39, 0.29) is 0 Å². The van der Waals surface area contributed by atoms with Gasteiger partial charge in [-0.05, 0) is 37.4 Å². The van der Waals surface area contributed by atoms with Gasteiger partial charge in [0.25, 0.3) is 0 Å². The van der Waals surface area contributed by atoms with Crippen molar-refractivity contribution in [3.8, 4) is 0 Å². The minimum Gasteiger partial charge on any atom is -0.300 e. The zero-order valence-corrected chi connectivity index (χ0v) is 9.75. The molecule has 0 bridgehead atoms. The van der Waals surface area contributed by atoms with Crippen LogP contribution in [0, 0.1) is 5.92 Å². The van der Waals surface area contributed by atoms with E-state index < -0.39 is 0 Å². The van der Waals surface area contributed by atoms with Crippen molar-refractivity contribution < 1.29 is 0 Å². The minimum absolute atomic E-state index is 0.932. The van der Waals surface area contributed by atoms with Gasteiger partial charge < -0.3 is 0 Å². The number of thioether (sulfide) groups is 1. The summed E-state index contributed by atoms with van der Waals surface area (Å²) in [7, 11) is 0. The molecule has 1 nitrogen and oxygen atoms in total. The van der Waals surface area contributed by atoms with Crippen LogP contribution in [0.15, 0.2) is 35.2 Å². The summed E-state index contributed by atoms with van der Waals surface area (Å²) >= 11 is 2.03. The highest BCUT2D eigenvalue weighted by Crippen LogP contribution is 2.37. The highest BCUT2D eigenvalue weighted by Gasteiger charge is 2.41. The topological polar surface area (TPSA) is 3.24 Å². The lowest BCUT2D eigenvalue weighted by Gasteiger charge is -2.43. The molecule has 1 aromatic rings. The van der Waals surface area contributed by atoms with Crippen molar-refractivity contribution in [2.75, 3.05) is 18.8 Å². The van der Waals surface area contributed by atoms with Gasteiger partial charge in [-0.25, -0.2) is 0 Å². The highest BCUT2D eigenvalue weighted by atomic mass is 32.2. The quantitative estimate of drug-likeness (QED) is 0.719. The molecule has 0 aliphatic carbocycles. The molecule has 15 heavy (non-hydrogen) atoms. The van der Waals surface area contributed by atoms with Crippen LogP contribution in [0.3, 0.4) is 0 Å². The van der Waals surface area contributed by atoms with E-state index >= 15 is 0 Å². The SMILES string of the molecule is c1ccc(SC[C@H]2CN3CCC[C@H]23)cc1. The molecule has 0 saturated carbocycles. The predicted molar refractivity (Wildman–Crippen MR) is 65.3 cm³/mol. The fourth-order valence-electron chi connectivity index (χ4n) is 2.78. The molecule has 0 unspecified atom stereocenters. The van der Waals surface area contributed by atoms with Crippen LogP contribution in [0.1, 0.15) is 12.8 Å². The Morgan fingerprint density at radius 3 is 2.93 bits per heavy atom. The molecule has 2 heterocycles. The van der Waals surface area contributed by atoms with Gasteiger partial charge in [-0.2, -0.15) is 0 Å². The van der Waals surface area contributed by atoms with Crippen molar-refractivity contribution in [1.82, 2.24) is 4.90 Å². The van der Waals surface area contributed by atoms with Gasteiger partial charge in [-0.1, -0.05) is 18.2 Å². The largest absolute Gasteiger partial charge is 0.300 e. The lowest BCUT2D eigenvalue weighted by atomic mass is 9.91. The first-order chi connectivity index (χ1) is 7.43. The molecule has 0 spiro atoms. The zero-order chi connectivity index (χ0) is 10.1. The van der Waals surface area contributed by atoms with Gasteiger partial charge in [0, 0.05) is 23.2 Å². The molecule has 1 aromatic carbocycles. The average Bonchev–Trinajstić information content (AvgIpc) is 2.62. The summed E-state index contributed by atoms with van der Waals surface area (Å²) in [5.41, 5.74) is 0. The summed E-state index contributed by atoms with van der Waals surface area (Å²) in [6, 6.07) is 11.7. The molecular weight excluding hydrogens is 202 g/mol. The number of fused-ring (bicyclic) bond motifs is 1. The summed E-state index contributed by atoms with van der Waals surface area (Å²) in [4.78, 5) is 4.07. The average molecular weight is 219 g/mol. The second-order valence-electron chi connectivity index (χ2n) is 4.59. The number of hydrogen-bond donors (Lipinski definition) is 0. The zero-order valence-electron chi connectivity index (χ0n) is 8.93. The van der Waals surface area contributed by atoms with E-state index in [4.69, 9.17) is 0 Å². The summed E-state index contributed by atoms with van der Waals surface area (Å²) < 4.78 is 0. The molecule has 80 valence electrons. The molecule has 0 N–H and O–H groups in total. The van der Waals surface area contributed by atoms with E-state index in [0.717, 1.165) is 12.0 Å².